The molecule has 0 fully saturated rings. The topological polar surface area (TPSA) is 64.1 Å². The summed E-state index contributed by atoms with van der Waals surface area (Å²) in [4.78, 5) is 19.2. The molecule has 1 N–H and O–H groups in total. The standard InChI is InChI=1S/C14H14ClN3O2/c1-9-17-13(15)11(8-19)14(18-9)16-7-10-5-3-4-6-12(10)20-2/h3-6,8H,7H2,1-2H3,(H,16,17,18). The van der Waals surface area contributed by atoms with Crippen LogP contribution in [0.25, 0.3) is 0 Å². The van der Waals surface area contributed by atoms with E-state index in [0.29, 0.717) is 24.5 Å². The molecule has 0 aliphatic rings. The van der Waals surface area contributed by atoms with E-state index in [1.54, 1.807) is 14.0 Å². The van der Waals surface area contributed by atoms with Gasteiger partial charge in [0, 0.05) is 12.1 Å². The summed E-state index contributed by atoms with van der Waals surface area (Å²) in [5, 5.41) is 3.24. The summed E-state index contributed by atoms with van der Waals surface area (Å²) in [5.41, 5.74) is 1.21. The first-order chi connectivity index (χ1) is 9.65. The van der Waals surface area contributed by atoms with Gasteiger partial charge in [0.05, 0.1) is 12.7 Å². The third-order valence-corrected chi connectivity index (χ3v) is 3.06. The largest absolute Gasteiger partial charge is 0.496 e. The van der Waals surface area contributed by atoms with Crippen LogP contribution in [0.2, 0.25) is 5.15 Å². The van der Waals surface area contributed by atoms with E-state index in [4.69, 9.17) is 16.3 Å². The van der Waals surface area contributed by atoms with Crippen molar-refractivity contribution in [1.29, 1.82) is 0 Å². The van der Waals surface area contributed by atoms with Crippen LogP contribution in [-0.4, -0.2) is 23.4 Å². The van der Waals surface area contributed by atoms with Crippen molar-refractivity contribution in [3.8, 4) is 5.75 Å². The zero-order chi connectivity index (χ0) is 14.5. The highest BCUT2D eigenvalue weighted by Crippen LogP contribution is 2.22. The molecule has 0 radical (unpaired) electrons. The lowest BCUT2D eigenvalue weighted by Gasteiger charge is -2.12. The van der Waals surface area contributed by atoms with Gasteiger partial charge in [-0.05, 0) is 13.0 Å². The quantitative estimate of drug-likeness (QED) is 0.678. The van der Waals surface area contributed by atoms with Crippen LogP contribution in [0.15, 0.2) is 24.3 Å². The van der Waals surface area contributed by atoms with Crippen molar-refractivity contribution in [2.24, 2.45) is 0 Å². The minimum absolute atomic E-state index is 0.148. The summed E-state index contributed by atoms with van der Waals surface area (Å²) in [5.74, 6) is 1.69. The fourth-order valence-corrected chi connectivity index (χ4v) is 2.07. The maximum absolute atomic E-state index is 11.1. The van der Waals surface area contributed by atoms with Gasteiger partial charge in [0.2, 0.25) is 0 Å². The number of hydrogen-bond donors (Lipinski definition) is 1. The number of nitrogens with zero attached hydrogens (tertiary/aromatic N) is 2. The number of benzene rings is 1. The molecule has 20 heavy (non-hydrogen) atoms. The number of anilines is 1. The van der Waals surface area contributed by atoms with Crippen LogP contribution in [0.3, 0.4) is 0 Å². The smallest absolute Gasteiger partial charge is 0.156 e. The molecular weight excluding hydrogens is 278 g/mol. The van der Waals surface area contributed by atoms with Crippen LogP contribution >= 0.6 is 11.6 Å². The number of hydrogen-bond acceptors (Lipinski definition) is 5. The van der Waals surface area contributed by atoms with E-state index < -0.39 is 0 Å². The van der Waals surface area contributed by atoms with Gasteiger partial charge in [-0.25, -0.2) is 9.97 Å². The van der Waals surface area contributed by atoms with Gasteiger partial charge in [-0.2, -0.15) is 0 Å². The van der Waals surface area contributed by atoms with Crippen LogP contribution in [0.4, 0.5) is 5.82 Å². The Morgan fingerprint density at radius 1 is 1.35 bits per heavy atom. The lowest BCUT2D eigenvalue weighted by molar-refractivity contribution is 0.112. The predicted molar refractivity (Wildman–Crippen MR) is 77.5 cm³/mol. The molecule has 0 saturated heterocycles. The number of para-hydroxylation sites is 1. The van der Waals surface area contributed by atoms with Crippen LogP contribution in [0.5, 0.6) is 5.75 Å². The van der Waals surface area contributed by atoms with E-state index in [-0.39, 0.29) is 10.7 Å². The second kappa shape index (κ2) is 6.34. The van der Waals surface area contributed by atoms with Gasteiger partial charge in [0.15, 0.2) is 6.29 Å². The molecular formula is C14H14ClN3O2. The Bertz CT molecular complexity index is 632. The Kier molecular flexibility index (Phi) is 4.53. The zero-order valence-electron chi connectivity index (χ0n) is 11.2. The Hall–Kier alpha value is -2.14. The van der Waals surface area contributed by atoms with E-state index in [2.05, 4.69) is 15.3 Å². The van der Waals surface area contributed by atoms with Crippen molar-refractivity contribution in [3.05, 3.63) is 46.4 Å². The summed E-state index contributed by atoms with van der Waals surface area (Å²) in [6.45, 7) is 2.19. The first-order valence-corrected chi connectivity index (χ1v) is 6.38. The van der Waals surface area contributed by atoms with Crippen molar-refractivity contribution < 1.29 is 9.53 Å². The summed E-state index contributed by atoms with van der Waals surface area (Å²) in [6, 6.07) is 7.61. The van der Waals surface area contributed by atoms with Gasteiger partial charge >= 0.3 is 0 Å². The van der Waals surface area contributed by atoms with Crippen molar-refractivity contribution in [1.82, 2.24) is 9.97 Å². The maximum Gasteiger partial charge on any atom is 0.156 e. The van der Waals surface area contributed by atoms with E-state index in [1.807, 2.05) is 24.3 Å². The highest BCUT2D eigenvalue weighted by molar-refractivity contribution is 6.32. The zero-order valence-corrected chi connectivity index (χ0v) is 11.9. The number of aryl methyl sites for hydroxylation is 1. The van der Waals surface area contributed by atoms with E-state index in [0.717, 1.165) is 11.3 Å². The fourth-order valence-electron chi connectivity index (χ4n) is 1.81. The van der Waals surface area contributed by atoms with Crippen LogP contribution in [0.1, 0.15) is 21.7 Å². The monoisotopic (exact) mass is 291 g/mol. The van der Waals surface area contributed by atoms with Gasteiger partial charge in [-0.15, -0.1) is 0 Å². The van der Waals surface area contributed by atoms with Gasteiger partial charge in [-0.1, -0.05) is 29.8 Å². The Morgan fingerprint density at radius 2 is 2.10 bits per heavy atom. The summed E-state index contributed by atoms with van der Waals surface area (Å²) < 4.78 is 5.27. The predicted octanol–water partition coefficient (Wildman–Crippen LogP) is 2.87. The van der Waals surface area contributed by atoms with Gasteiger partial charge in [0.25, 0.3) is 0 Å². The molecule has 5 nitrogen and oxygen atoms in total. The molecule has 2 rings (SSSR count). The molecule has 1 aromatic heterocycles. The lowest BCUT2D eigenvalue weighted by Crippen LogP contribution is -2.08. The second-order valence-corrected chi connectivity index (χ2v) is 4.47. The van der Waals surface area contributed by atoms with Crippen molar-refractivity contribution in [2.45, 2.75) is 13.5 Å². The lowest BCUT2D eigenvalue weighted by atomic mass is 10.2. The van der Waals surface area contributed by atoms with Gasteiger partial charge in [0.1, 0.15) is 22.5 Å². The van der Waals surface area contributed by atoms with Gasteiger partial charge in [-0.3, -0.25) is 4.79 Å². The molecule has 0 aliphatic heterocycles. The number of nitrogens with one attached hydrogen (secondary N) is 1. The summed E-state index contributed by atoms with van der Waals surface area (Å²) >= 11 is 5.93. The average Bonchev–Trinajstić information content (AvgIpc) is 2.45. The SMILES string of the molecule is COc1ccccc1CNc1nc(C)nc(Cl)c1C=O. The average molecular weight is 292 g/mol. The van der Waals surface area contributed by atoms with Crippen molar-refractivity contribution in [2.75, 3.05) is 12.4 Å². The third kappa shape index (κ3) is 3.05. The van der Waals surface area contributed by atoms with E-state index in [1.165, 1.54) is 0 Å². The Morgan fingerprint density at radius 3 is 2.80 bits per heavy atom. The molecule has 0 bridgehead atoms. The number of ether oxygens (including phenoxy) is 1. The van der Waals surface area contributed by atoms with E-state index in [9.17, 15) is 4.79 Å². The fraction of sp³-hybridized carbons (Fsp3) is 0.214. The first kappa shape index (κ1) is 14.3. The number of aldehydes is 1. The summed E-state index contributed by atoms with van der Waals surface area (Å²) in [6.07, 6.45) is 0.645. The van der Waals surface area contributed by atoms with Crippen LogP contribution in [0, 0.1) is 6.92 Å². The Labute approximate surface area is 122 Å². The molecule has 1 aromatic carbocycles. The number of carbonyl (C=O) groups excluding carboxylic acids is 1. The number of carbonyl (C=O) groups is 1. The molecule has 6 heteroatoms. The number of aromatic nitrogens is 2. The van der Waals surface area contributed by atoms with Crippen molar-refractivity contribution >= 4 is 23.7 Å². The molecule has 0 atom stereocenters. The normalized spacial score (nSPS) is 10.2. The third-order valence-electron chi connectivity index (χ3n) is 2.77. The van der Waals surface area contributed by atoms with Crippen LogP contribution < -0.4 is 10.1 Å². The van der Waals surface area contributed by atoms with Crippen LogP contribution in [-0.2, 0) is 6.54 Å². The Balaban J connectivity index is 2.25. The molecule has 104 valence electrons. The van der Waals surface area contributed by atoms with Crippen molar-refractivity contribution in [3.63, 3.8) is 0 Å². The minimum Gasteiger partial charge on any atom is -0.496 e. The molecule has 0 unspecified atom stereocenters. The molecule has 0 amide bonds. The summed E-state index contributed by atoms with van der Waals surface area (Å²) in [7, 11) is 1.61. The number of rotatable bonds is 5. The number of halogens is 1. The second-order valence-electron chi connectivity index (χ2n) is 4.11. The van der Waals surface area contributed by atoms with Gasteiger partial charge < -0.3 is 10.1 Å². The molecule has 0 aliphatic carbocycles. The van der Waals surface area contributed by atoms with E-state index >= 15 is 0 Å². The molecule has 0 saturated carbocycles. The minimum atomic E-state index is 0.148. The molecule has 1 heterocycles. The molecule has 0 spiro atoms. The number of methoxy groups -OCH3 is 1. The molecule has 2 aromatic rings. The maximum atomic E-state index is 11.1. The highest BCUT2D eigenvalue weighted by atomic mass is 35.5. The first-order valence-electron chi connectivity index (χ1n) is 6.00. The highest BCUT2D eigenvalue weighted by Gasteiger charge is 2.11.